The summed E-state index contributed by atoms with van der Waals surface area (Å²) in [6.07, 6.45) is 0.840. The molecule has 2 aromatic carbocycles. The number of piperazine rings is 1. The molecule has 0 N–H and O–H groups in total. The van der Waals surface area contributed by atoms with Crippen LogP contribution in [0.1, 0.15) is 42.0 Å². The number of aliphatic imine (C=N–C) groups is 1. The molecule has 0 amide bonds. The van der Waals surface area contributed by atoms with Crippen LogP contribution in [0.4, 0.5) is 4.39 Å². The third kappa shape index (κ3) is 4.28. The van der Waals surface area contributed by atoms with E-state index in [4.69, 9.17) is 9.73 Å². The molecule has 0 spiro atoms. The van der Waals surface area contributed by atoms with E-state index in [0.29, 0.717) is 28.4 Å². The molecule has 0 bridgehead atoms. The van der Waals surface area contributed by atoms with E-state index < -0.39 is 0 Å². The van der Waals surface area contributed by atoms with Gasteiger partial charge in [0.2, 0.25) is 0 Å². The maximum atomic E-state index is 15.0. The van der Waals surface area contributed by atoms with Gasteiger partial charge in [0.1, 0.15) is 17.4 Å². The highest BCUT2D eigenvalue weighted by Crippen LogP contribution is 2.35. The van der Waals surface area contributed by atoms with Crippen LogP contribution in [0.3, 0.4) is 0 Å². The summed E-state index contributed by atoms with van der Waals surface area (Å²) in [5, 5.41) is 0. The first kappa shape index (κ1) is 23.4. The zero-order chi connectivity index (χ0) is 24.5. The van der Waals surface area contributed by atoms with E-state index in [1.54, 1.807) is 31.4 Å². The van der Waals surface area contributed by atoms with Crippen LogP contribution in [0.5, 0.6) is 5.75 Å². The summed E-state index contributed by atoms with van der Waals surface area (Å²) in [6, 6.07) is 14.0. The fraction of sp³-hybridized carbons (Fsp3) is 0.370. The van der Waals surface area contributed by atoms with Gasteiger partial charge >= 0.3 is 0 Å². The third-order valence-electron chi connectivity index (χ3n) is 6.94. The molecule has 2 aliphatic heterocycles. The molecule has 5 rings (SSSR count). The normalized spacial score (nSPS) is 17.2. The highest BCUT2D eigenvalue weighted by atomic mass is 19.1. The number of fused-ring (bicyclic) bond motifs is 3. The Hall–Kier alpha value is -3.36. The number of ether oxygens (including phenoxy) is 1. The monoisotopic (exact) mass is 475 g/mol. The Morgan fingerprint density at radius 1 is 1.09 bits per heavy atom. The standard InChI is InChI=1S/C27H30FN5O2/c1-4-20(32-14-12-31(2)13-15-32)22-16-25(34)30-24-17-29-27(18-8-5-6-9-19(18)28)26-21(33(22)24)10-7-11-23(26)35-3/h5-11,16,20H,4,12-15,17H2,1-3H3. The summed E-state index contributed by atoms with van der Waals surface area (Å²) in [4.78, 5) is 26.7. The Bertz CT molecular complexity index is 1330. The number of nitrogens with zero attached hydrogens (tertiary/aromatic N) is 5. The van der Waals surface area contributed by atoms with Crippen molar-refractivity contribution >= 4 is 5.71 Å². The van der Waals surface area contributed by atoms with Gasteiger partial charge in [-0.25, -0.2) is 4.39 Å². The Balaban J connectivity index is 1.75. The summed E-state index contributed by atoms with van der Waals surface area (Å²) >= 11 is 0. The number of hydrogen-bond acceptors (Lipinski definition) is 6. The number of aromatic nitrogens is 2. The van der Waals surface area contributed by atoms with Crippen molar-refractivity contribution in [3.63, 3.8) is 0 Å². The number of likely N-dealkylation sites (N-methyl/N-ethyl adjacent to an activating group) is 1. The summed E-state index contributed by atoms with van der Waals surface area (Å²) in [5.41, 5.74) is 2.96. The van der Waals surface area contributed by atoms with Gasteiger partial charge in [0, 0.05) is 43.5 Å². The van der Waals surface area contributed by atoms with E-state index >= 15 is 0 Å². The first-order valence-corrected chi connectivity index (χ1v) is 12.0. The average molecular weight is 476 g/mol. The predicted octanol–water partition coefficient (Wildman–Crippen LogP) is 3.43. The van der Waals surface area contributed by atoms with Gasteiger partial charge in [-0.05, 0) is 37.7 Å². The highest BCUT2D eigenvalue weighted by molar-refractivity contribution is 6.17. The maximum absolute atomic E-state index is 15.0. The van der Waals surface area contributed by atoms with Crippen LogP contribution < -0.4 is 10.3 Å². The number of halogens is 1. The molecule has 1 aromatic heterocycles. The molecular formula is C27H30FN5O2. The quantitative estimate of drug-likeness (QED) is 0.566. The van der Waals surface area contributed by atoms with Crippen LogP contribution >= 0.6 is 0 Å². The van der Waals surface area contributed by atoms with Crippen molar-refractivity contribution in [1.82, 2.24) is 19.4 Å². The van der Waals surface area contributed by atoms with E-state index in [1.807, 2.05) is 22.8 Å². The lowest BCUT2D eigenvalue weighted by Crippen LogP contribution is -2.46. The fourth-order valence-corrected chi connectivity index (χ4v) is 5.18. The van der Waals surface area contributed by atoms with Crippen LogP contribution in [0, 0.1) is 5.82 Å². The minimum atomic E-state index is -0.361. The summed E-state index contributed by atoms with van der Waals surface area (Å²) in [7, 11) is 3.73. The van der Waals surface area contributed by atoms with E-state index in [0.717, 1.165) is 44.0 Å². The zero-order valence-corrected chi connectivity index (χ0v) is 20.4. The number of rotatable bonds is 5. The Morgan fingerprint density at radius 3 is 2.57 bits per heavy atom. The molecule has 35 heavy (non-hydrogen) atoms. The van der Waals surface area contributed by atoms with Gasteiger partial charge in [0.05, 0.1) is 36.7 Å². The molecule has 2 aliphatic rings. The number of hydrogen-bond donors (Lipinski definition) is 0. The predicted molar refractivity (Wildman–Crippen MR) is 134 cm³/mol. The molecule has 0 saturated carbocycles. The highest BCUT2D eigenvalue weighted by Gasteiger charge is 2.30. The summed E-state index contributed by atoms with van der Waals surface area (Å²) < 4.78 is 22.7. The Labute approximate surface area is 204 Å². The van der Waals surface area contributed by atoms with E-state index in [1.165, 1.54) is 6.07 Å². The molecule has 1 unspecified atom stereocenters. The van der Waals surface area contributed by atoms with Gasteiger partial charge in [-0.2, -0.15) is 4.98 Å². The van der Waals surface area contributed by atoms with E-state index in [2.05, 4.69) is 28.8 Å². The van der Waals surface area contributed by atoms with Gasteiger partial charge < -0.3 is 9.64 Å². The summed E-state index contributed by atoms with van der Waals surface area (Å²) in [5.74, 6) is 0.774. The molecule has 0 aliphatic carbocycles. The van der Waals surface area contributed by atoms with Crippen molar-refractivity contribution in [3.05, 3.63) is 87.3 Å². The second kappa shape index (κ2) is 9.71. The molecule has 1 fully saturated rings. The summed E-state index contributed by atoms with van der Waals surface area (Å²) in [6.45, 7) is 6.09. The molecule has 1 saturated heterocycles. The van der Waals surface area contributed by atoms with Crippen LogP contribution in [0.25, 0.3) is 5.69 Å². The molecule has 182 valence electrons. The smallest absolute Gasteiger partial charge is 0.273 e. The van der Waals surface area contributed by atoms with E-state index in [9.17, 15) is 9.18 Å². The number of benzene rings is 2. The molecule has 3 heterocycles. The second-order valence-corrected chi connectivity index (χ2v) is 9.03. The van der Waals surface area contributed by atoms with Crippen LogP contribution in [-0.4, -0.2) is 65.4 Å². The van der Waals surface area contributed by atoms with Gasteiger partial charge in [-0.1, -0.05) is 25.1 Å². The Kier molecular flexibility index (Phi) is 6.49. The van der Waals surface area contributed by atoms with Gasteiger partial charge in [0.15, 0.2) is 0 Å². The minimum Gasteiger partial charge on any atom is -0.496 e. The molecule has 7 nitrogen and oxygen atoms in total. The largest absolute Gasteiger partial charge is 0.496 e. The lowest BCUT2D eigenvalue weighted by molar-refractivity contribution is 0.106. The van der Waals surface area contributed by atoms with Crippen molar-refractivity contribution in [2.24, 2.45) is 4.99 Å². The maximum Gasteiger partial charge on any atom is 0.273 e. The van der Waals surface area contributed by atoms with E-state index in [-0.39, 0.29) is 24.0 Å². The van der Waals surface area contributed by atoms with Gasteiger partial charge in [-0.15, -0.1) is 0 Å². The van der Waals surface area contributed by atoms with Crippen LogP contribution in [0.15, 0.2) is 58.3 Å². The Morgan fingerprint density at radius 2 is 1.86 bits per heavy atom. The van der Waals surface area contributed by atoms with Crippen molar-refractivity contribution in [1.29, 1.82) is 0 Å². The van der Waals surface area contributed by atoms with Crippen molar-refractivity contribution in [3.8, 4) is 11.4 Å². The lowest BCUT2D eigenvalue weighted by Gasteiger charge is -2.38. The van der Waals surface area contributed by atoms with Gasteiger partial charge in [0.25, 0.3) is 5.56 Å². The van der Waals surface area contributed by atoms with Crippen molar-refractivity contribution in [2.75, 3.05) is 40.3 Å². The first-order valence-electron chi connectivity index (χ1n) is 12.0. The average Bonchev–Trinajstić information content (AvgIpc) is 3.02. The molecule has 1 atom stereocenters. The SMILES string of the molecule is CCC(c1cc(=O)nc2n1-c1cccc(OC)c1C(c1ccccc1F)=NC2)N1CCN(C)CC1. The van der Waals surface area contributed by atoms with Crippen LogP contribution in [-0.2, 0) is 6.54 Å². The lowest BCUT2D eigenvalue weighted by atomic mass is 9.98. The number of methoxy groups -OCH3 is 1. The zero-order valence-electron chi connectivity index (χ0n) is 20.4. The first-order chi connectivity index (χ1) is 17.0. The second-order valence-electron chi connectivity index (χ2n) is 9.03. The molecular weight excluding hydrogens is 445 g/mol. The topological polar surface area (TPSA) is 63.0 Å². The molecule has 3 aromatic rings. The molecule has 8 heteroatoms. The minimum absolute atomic E-state index is 0.0345. The van der Waals surface area contributed by atoms with Crippen LogP contribution in [0.2, 0.25) is 0 Å². The van der Waals surface area contributed by atoms with Crippen molar-refractivity contribution < 1.29 is 9.13 Å². The van der Waals surface area contributed by atoms with Crippen molar-refractivity contribution in [2.45, 2.75) is 25.9 Å². The molecule has 0 radical (unpaired) electrons. The van der Waals surface area contributed by atoms with Gasteiger partial charge in [-0.3, -0.25) is 19.3 Å². The fourth-order valence-electron chi connectivity index (χ4n) is 5.18. The third-order valence-corrected chi connectivity index (χ3v) is 6.94.